The zero-order valence-electron chi connectivity index (χ0n) is 9.54. The lowest BCUT2D eigenvalue weighted by Crippen LogP contribution is -2.51. The van der Waals surface area contributed by atoms with Gasteiger partial charge in [0.1, 0.15) is 0 Å². The first-order valence-electron chi connectivity index (χ1n) is 5.60. The van der Waals surface area contributed by atoms with Gasteiger partial charge in [-0.05, 0) is 19.8 Å². The first-order valence-corrected chi connectivity index (χ1v) is 6.14. The molecule has 6 heteroatoms. The number of carbonyl (C=O) groups is 1. The van der Waals surface area contributed by atoms with Crippen LogP contribution in [0.15, 0.2) is 5.29 Å². The molecule has 0 aliphatic heterocycles. The van der Waals surface area contributed by atoms with E-state index >= 15 is 0 Å². The fraction of sp³-hybridized carbons (Fsp3) is 0.900. The van der Waals surface area contributed by atoms with Gasteiger partial charge in [-0.25, -0.2) is 4.79 Å². The molecule has 1 fully saturated rings. The molecule has 0 aromatic rings. The number of rotatable bonds is 4. The minimum atomic E-state index is -0.444. The quantitative estimate of drug-likeness (QED) is 0.472. The number of nitrogens with one attached hydrogen (secondary N) is 1. The van der Waals surface area contributed by atoms with E-state index in [1.165, 1.54) is 6.42 Å². The van der Waals surface area contributed by atoms with Crippen LogP contribution < -0.4 is 5.32 Å². The third-order valence-corrected chi connectivity index (χ3v) is 3.16. The van der Waals surface area contributed by atoms with Crippen LogP contribution >= 0.6 is 11.6 Å². The Kier molecular flexibility index (Phi) is 4.99. The highest BCUT2D eigenvalue weighted by molar-refractivity contribution is 6.18. The van der Waals surface area contributed by atoms with E-state index in [4.69, 9.17) is 11.6 Å². The van der Waals surface area contributed by atoms with Gasteiger partial charge in [0, 0.05) is 11.4 Å². The van der Waals surface area contributed by atoms with Gasteiger partial charge in [0.05, 0.1) is 11.8 Å². The first kappa shape index (κ1) is 13.2. The predicted octanol–water partition coefficient (Wildman–Crippen LogP) is 2.64. The van der Waals surface area contributed by atoms with Crippen LogP contribution in [0.1, 0.15) is 39.0 Å². The third-order valence-electron chi connectivity index (χ3n) is 3.00. The molecule has 2 amide bonds. The lowest BCUT2D eigenvalue weighted by atomic mass is 9.83. The number of hydrogen-bond acceptors (Lipinski definition) is 3. The minimum absolute atomic E-state index is 0.146. The molecule has 0 aromatic carbocycles. The molecule has 1 saturated carbocycles. The van der Waals surface area contributed by atoms with Gasteiger partial charge >= 0.3 is 6.03 Å². The molecule has 1 aliphatic carbocycles. The van der Waals surface area contributed by atoms with E-state index in [1.54, 1.807) is 0 Å². The standard InChI is InChI=1S/C10H18ClN3O2/c1-10(5-3-2-4-6-10)12-9(15)14(13-16)8-7-11/h2-8H2,1H3,(H,12,15). The van der Waals surface area contributed by atoms with E-state index in [0.717, 1.165) is 30.7 Å². The molecule has 92 valence electrons. The molecule has 5 nitrogen and oxygen atoms in total. The molecule has 0 spiro atoms. The number of halogens is 1. The normalized spacial score (nSPS) is 18.9. The summed E-state index contributed by atoms with van der Waals surface area (Å²) in [6, 6.07) is -0.444. The molecule has 0 bridgehead atoms. The van der Waals surface area contributed by atoms with Crippen molar-refractivity contribution in [1.29, 1.82) is 0 Å². The minimum Gasteiger partial charge on any atom is -0.331 e. The Morgan fingerprint density at radius 1 is 1.44 bits per heavy atom. The van der Waals surface area contributed by atoms with Crippen LogP contribution in [0.25, 0.3) is 0 Å². The summed E-state index contributed by atoms with van der Waals surface area (Å²) in [4.78, 5) is 22.1. The number of alkyl halides is 1. The predicted molar refractivity (Wildman–Crippen MR) is 63.2 cm³/mol. The second-order valence-electron chi connectivity index (χ2n) is 4.45. The highest BCUT2D eigenvalue weighted by atomic mass is 35.5. The summed E-state index contributed by atoms with van der Waals surface area (Å²) in [5.41, 5.74) is -0.204. The van der Waals surface area contributed by atoms with Crippen molar-refractivity contribution in [2.75, 3.05) is 12.4 Å². The van der Waals surface area contributed by atoms with E-state index in [2.05, 4.69) is 10.6 Å². The van der Waals surface area contributed by atoms with Crippen molar-refractivity contribution in [1.82, 2.24) is 10.3 Å². The summed E-state index contributed by atoms with van der Waals surface area (Å²) >= 11 is 5.48. The monoisotopic (exact) mass is 247 g/mol. The van der Waals surface area contributed by atoms with Crippen molar-refractivity contribution < 1.29 is 4.79 Å². The molecule has 0 aromatic heterocycles. The molecule has 0 atom stereocenters. The fourth-order valence-electron chi connectivity index (χ4n) is 2.04. The topological polar surface area (TPSA) is 61.8 Å². The largest absolute Gasteiger partial charge is 0.340 e. The molecule has 1 rings (SSSR count). The number of hydrogen-bond donors (Lipinski definition) is 1. The van der Waals surface area contributed by atoms with Crippen molar-refractivity contribution in [3.05, 3.63) is 4.91 Å². The van der Waals surface area contributed by atoms with E-state index in [0.29, 0.717) is 0 Å². The Morgan fingerprint density at radius 2 is 2.06 bits per heavy atom. The van der Waals surface area contributed by atoms with E-state index < -0.39 is 6.03 Å². The van der Waals surface area contributed by atoms with Crippen LogP contribution in [-0.2, 0) is 0 Å². The fourth-order valence-corrected chi connectivity index (χ4v) is 2.20. The molecule has 0 saturated heterocycles. The van der Waals surface area contributed by atoms with Gasteiger partial charge in [-0.2, -0.15) is 5.01 Å². The number of amides is 2. The Bertz CT molecular complexity index is 254. The number of nitroso groups, excluding NO2 is 1. The van der Waals surface area contributed by atoms with Crippen LogP contribution in [0.4, 0.5) is 4.79 Å². The van der Waals surface area contributed by atoms with E-state index in [-0.39, 0.29) is 18.0 Å². The highest BCUT2D eigenvalue weighted by Crippen LogP contribution is 2.27. The Hall–Kier alpha value is -0.840. The highest BCUT2D eigenvalue weighted by Gasteiger charge is 2.30. The maximum Gasteiger partial charge on any atom is 0.340 e. The molecule has 0 radical (unpaired) electrons. The lowest BCUT2D eigenvalue weighted by molar-refractivity contribution is 0.176. The second-order valence-corrected chi connectivity index (χ2v) is 4.82. The van der Waals surface area contributed by atoms with Crippen molar-refractivity contribution in [2.24, 2.45) is 5.29 Å². The van der Waals surface area contributed by atoms with Crippen molar-refractivity contribution in [3.8, 4) is 0 Å². The molecule has 16 heavy (non-hydrogen) atoms. The summed E-state index contributed by atoms with van der Waals surface area (Å²) in [5, 5.41) is 6.37. The zero-order valence-corrected chi connectivity index (χ0v) is 10.3. The average Bonchev–Trinajstić information content (AvgIpc) is 2.26. The Balaban J connectivity index is 2.50. The van der Waals surface area contributed by atoms with Crippen LogP contribution in [-0.4, -0.2) is 29.0 Å². The summed E-state index contributed by atoms with van der Waals surface area (Å²) in [6.07, 6.45) is 5.34. The van der Waals surface area contributed by atoms with Crippen LogP contribution in [0.5, 0.6) is 0 Å². The zero-order chi connectivity index (χ0) is 12.0. The third kappa shape index (κ3) is 3.63. The van der Waals surface area contributed by atoms with E-state index in [1.807, 2.05) is 6.92 Å². The van der Waals surface area contributed by atoms with Gasteiger partial charge in [-0.1, -0.05) is 19.3 Å². The molecular weight excluding hydrogens is 230 g/mol. The molecule has 0 unspecified atom stereocenters. The number of carbonyl (C=O) groups excluding carboxylic acids is 1. The van der Waals surface area contributed by atoms with Crippen molar-refractivity contribution in [3.63, 3.8) is 0 Å². The maximum absolute atomic E-state index is 11.7. The van der Waals surface area contributed by atoms with Gasteiger partial charge in [-0.15, -0.1) is 16.5 Å². The van der Waals surface area contributed by atoms with Gasteiger partial charge in [0.2, 0.25) is 0 Å². The smallest absolute Gasteiger partial charge is 0.331 e. The average molecular weight is 248 g/mol. The van der Waals surface area contributed by atoms with Crippen molar-refractivity contribution in [2.45, 2.75) is 44.6 Å². The first-order chi connectivity index (χ1) is 7.61. The van der Waals surface area contributed by atoms with E-state index in [9.17, 15) is 9.70 Å². The van der Waals surface area contributed by atoms with Gasteiger partial charge in [-0.3, -0.25) is 0 Å². The maximum atomic E-state index is 11.7. The molecule has 0 heterocycles. The summed E-state index contributed by atoms with van der Waals surface area (Å²) < 4.78 is 0. The van der Waals surface area contributed by atoms with Crippen LogP contribution in [0.2, 0.25) is 0 Å². The Morgan fingerprint density at radius 3 is 2.56 bits per heavy atom. The van der Waals surface area contributed by atoms with Gasteiger partial charge in [0.15, 0.2) is 0 Å². The molecular formula is C10H18ClN3O2. The summed E-state index contributed by atoms with van der Waals surface area (Å²) in [5.74, 6) is 0.204. The van der Waals surface area contributed by atoms with Gasteiger partial charge < -0.3 is 5.32 Å². The molecule has 1 N–H and O–H groups in total. The van der Waals surface area contributed by atoms with Crippen molar-refractivity contribution >= 4 is 17.6 Å². The van der Waals surface area contributed by atoms with Crippen LogP contribution in [0, 0.1) is 4.91 Å². The van der Waals surface area contributed by atoms with Crippen LogP contribution in [0.3, 0.4) is 0 Å². The number of urea groups is 1. The van der Waals surface area contributed by atoms with Gasteiger partial charge in [0.25, 0.3) is 0 Å². The SMILES string of the molecule is CC1(NC(=O)N(CCCl)N=O)CCCCC1. The second kappa shape index (κ2) is 6.03. The summed E-state index contributed by atoms with van der Waals surface area (Å²) in [7, 11) is 0. The summed E-state index contributed by atoms with van der Waals surface area (Å²) in [6.45, 7) is 2.15. The Labute approximate surface area is 100 Å². The molecule has 1 aliphatic rings. The number of nitrogens with zero attached hydrogens (tertiary/aromatic N) is 2. The lowest BCUT2D eigenvalue weighted by Gasteiger charge is -2.35.